The van der Waals surface area contributed by atoms with E-state index in [4.69, 9.17) is 9.78 Å². The summed E-state index contributed by atoms with van der Waals surface area (Å²) < 4.78 is 0. The van der Waals surface area contributed by atoms with Gasteiger partial charge in [-0.25, -0.2) is 9.78 Å². The molecule has 0 aromatic carbocycles. The van der Waals surface area contributed by atoms with Gasteiger partial charge >= 0.3 is 5.97 Å². The van der Waals surface area contributed by atoms with Crippen LogP contribution in [0, 0.1) is 45.3 Å². The van der Waals surface area contributed by atoms with Crippen molar-refractivity contribution in [3.8, 4) is 0 Å². The molecule has 0 aromatic rings. The SMILES string of the molecule is C=C(CC[C@@H](C(=O)O)[C@H]1[C@H](O)C[C@@]2(C)[C@]34CC5C[C@](C)(CC[C@H](O)C(C)(C)[C@H]5OO3)C4=CC[C@]12C)C(C)C. The molecule has 1 aliphatic heterocycles. The van der Waals surface area contributed by atoms with E-state index in [1.165, 1.54) is 5.57 Å². The normalized spacial score (nSPS) is 47.9. The summed E-state index contributed by atoms with van der Waals surface area (Å²) in [5, 5.41) is 33.3. The topological polar surface area (TPSA) is 96.2 Å². The number of carboxylic acid groups (broad SMARTS) is 1. The molecule has 0 aromatic heterocycles. The Morgan fingerprint density at radius 2 is 1.82 bits per heavy atom. The first-order valence-corrected chi connectivity index (χ1v) is 14.9. The lowest BCUT2D eigenvalue weighted by Gasteiger charge is -2.68. The van der Waals surface area contributed by atoms with Crippen molar-refractivity contribution in [1.82, 2.24) is 0 Å². The molecule has 6 nitrogen and oxygen atoms in total. The van der Waals surface area contributed by atoms with Gasteiger partial charge in [0.25, 0.3) is 0 Å². The fourth-order valence-electron chi connectivity index (χ4n) is 9.91. The number of aliphatic hydroxyl groups excluding tert-OH is 2. The van der Waals surface area contributed by atoms with Gasteiger partial charge in [-0.1, -0.05) is 66.7 Å². The van der Waals surface area contributed by atoms with E-state index < -0.39 is 51.9 Å². The van der Waals surface area contributed by atoms with Crippen molar-refractivity contribution in [2.75, 3.05) is 0 Å². The lowest BCUT2D eigenvalue weighted by atomic mass is 9.41. The van der Waals surface area contributed by atoms with Gasteiger partial charge in [-0.05, 0) is 79.6 Å². The highest BCUT2D eigenvalue weighted by atomic mass is 17.2. The molecule has 0 amide bonds. The zero-order valence-electron chi connectivity index (χ0n) is 24.5. The molecular formula is C32H50O6. The highest BCUT2D eigenvalue weighted by Crippen LogP contribution is 2.75. The molecule has 5 aliphatic rings. The minimum atomic E-state index is -0.833. The van der Waals surface area contributed by atoms with Gasteiger partial charge in [0.05, 0.1) is 18.1 Å². The highest BCUT2D eigenvalue weighted by molar-refractivity contribution is 5.71. The summed E-state index contributed by atoms with van der Waals surface area (Å²) in [6.45, 7) is 19.3. The Morgan fingerprint density at radius 1 is 1.13 bits per heavy atom. The number of carbonyl (C=O) groups is 1. The van der Waals surface area contributed by atoms with Crippen LogP contribution in [0.3, 0.4) is 0 Å². The molecule has 214 valence electrons. The summed E-state index contributed by atoms with van der Waals surface area (Å²) in [4.78, 5) is 25.7. The molecule has 4 fully saturated rings. The molecule has 1 unspecified atom stereocenters. The van der Waals surface area contributed by atoms with E-state index >= 15 is 0 Å². The van der Waals surface area contributed by atoms with Gasteiger partial charge in [-0.15, -0.1) is 0 Å². The van der Waals surface area contributed by atoms with Gasteiger partial charge < -0.3 is 15.3 Å². The Morgan fingerprint density at radius 3 is 2.45 bits per heavy atom. The molecule has 38 heavy (non-hydrogen) atoms. The van der Waals surface area contributed by atoms with Crippen LogP contribution in [0.1, 0.15) is 99.8 Å². The Bertz CT molecular complexity index is 1030. The van der Waals surface area contributed by atoms with Gasteiger partial charge in [0, 0.05) is 16.7 Å². The Balaban J connectivity index is 1.58. The lowest BCUT2D eigenvalue weighted by Crippen LogP contribution is -2.69. The fourth-order valence-corrected chi connectivity index (χ4v) is 9.91. The molecule has 3 N–H and O–H groups in total. The number of allylic oxidation sites excluding steroid dienone is 2. The molecule has 3 saturated carbocycles. The molecular weight excluding hydrogens is 480 g/mol. The fraction of sp³-hybridized carbons (Fsp3) is 0.844. The predicted molar refractivity (Wildman–Crippen MR) is 146 cm³/mol. The number of carboxylic acids is 1. The van der Waals surface area contributed by atoms with E-state index in [2.05, 4.69) is 61.1 Å². The largest absolute Gasteiger partial charge is 0.481 e. The summed E-state index contributed by atoms with van der Waals surface area (Å²) in [5.41, 5.74) is 0.0588. The van der Waals surface area contributed by atoms with Crippen molar-refractivity contribution in [1.29, 1.82) is 0 Å². The lowest BCUT2D eigenvalue weighted by molar-refractivity contribution is -0.466. The summed E-state index contributed by atoms with van der Waals surface area (Å²) >= 11 is 0. The quantitative estimate of drug-likeness (QED) is 0.285. The summed E-state index contributed by atoms with van der Waals surface area (Å²) in [5.74, 6) is -1.36. The van der Waals surface area contributed by atoms with Gasteiger partial charge in [-0.3, -0.25) is 4.79 Å². The summed E-state index contributed by atoms with van der Waals surface area (Å²) in [6.07, 6.45) is 6.60. The maximum absolute atomic E-state index is 12.7. The van der Waals surface area contributed by atoms with E-state index in [-0.39, 0.29) is 17.4 Å². The Kier molecular flexibility index (Phi) is 6.63. The van der Waals surface area contributed by atoms with Crippen LogP contribution < -0.4 is 0 Å². The predicted octanol–water partition coefficient (Wildman–Crippen LogP) is 6.07. The van der Waals surface area contributed by atoms with E-state index in [9.17, 15) is 20.1 Å². The second-order valence-electron chi connectivity index (χ2n) is 15.2. The minimum Gasteiger partial charge on any atom is -0.481 e. The Labute approximate surface area is 228 Å². The molecule has 0 radical (unpaired) electrons. The minimum absolute atomic E-state index is 0.128. The monoisotopic (exact) mass is 530 g/mol. The van der Waals surface area contributed by atoms with Crippen LogP contribution in [0.15, 0.2) is 23.8 Å². The summed E-state index contributed by atoms with van der Waals surface area (Å²) in [7, 11) is 0. The molecule has 3 bridgehead atoms. The van der Waals surface area contributed by atoms with E-state index in [0.29, 0.717) is 38.0 Å². The van der Waals surface area contributed by atoms with Crippen LogP contribution in [0.2, 0.25) is 0 Å². The smallest absolute Gasteiger partial charge is 0.306 e. The third-order valence-electron chi connectivity index (χ3n) is 12.6. The maximum Gasteiger partial charge on any atom is 0.306 e. The number of hydrogen-bond acceptors (Lipinski definition) is 5. The zero-order valence-corrected chi connectivity index (χ0v) is 24.5. The zero-order chi connectivity index (χ0) is 28.1. The van der Waals surface area contributed by atoms with Gasteiger partial charge in [0.1, 0.15) is 11.7 Å². The Hall–Kier alpha value is -1.21. The molecule has 5 rings (SSSR count). The average Bonchev–Trinajstić information content (AvgIpc) is 3.03. The standard InChI is InChI=1S/C32H50O6/c1-18(2)19(3)9-10-21(27(35)36)25-22(33)17-31(8)30(25,7)14-11-23-29(6)13-12-24(34)28(4,5)26-20(15-29)16-32(23,31)38-37-26/h11,18,20-22,24-26,33-34H,3,9-10,12-17H2,1-2,4-8H3,(H,35,36)/t20?,21-,22-,24+,25+,26+,29+,30-,31-,32-/m1/s1. The molecule has 10 atom stereocenters. The van der Waals surface area contributed by atoms with Crippen LogP contribution in [-0.2, 0) is 14.6 Å². The molecule has 1 saturated heterocycles. The van der Waals surface area contributed by atoms with Crippen molar-refractivity contribution in [2.24, 2.45) is 45.3 Å². The van der Waals surface area contributed by atoms with Crippen molar-refractivity contribution < 1.29 is 29.9 Å². The number of hydrogen-bond donors (Lipinski definition) is 3. The molecule has 1 heterocycles. The third-order valence-corrected chi connectivity index (χ3v) is 12.6. The number of rotatable bonds is 6. The maximum atomic E-state index is 12.7. The van der Waals surface area contributed by atoms with Crippen LogP contribution in [0.5, 0.6) is 0 Å². The van der Waals surface area contributed by atoms with E-state index in [1.807, 2.05) is 0 Å². The van der Waals surface area contributed by atoms with Gasteiger partial charge in [-0.2, -0.15) is 0 Å². The van der Waals surface area contributed by atoms with Gasteiger partial charge in [0.2, 0.25) is 0 Å². The van der Waals surface area contributed by atoms with Crippen LogP contribution in [-0.4, -0.2) is 45.2 Å². The summed E-state index contributed by atoms with van der Waals surface area (Å²) in [6, 6.07) is 0. The second-order valence-corrected chi connectivity index (χ2v) is 15.2. The van der Waals surface area contributed by atoms with E-state index in [1.54, 1.807) is 0 Å². The number of aliphatic carboxylic acids is 1. The second kappa shape index (κ2) is 8.89. The van der Waals surface area contributed by atoms with Crippen molar-refractivity contribution >= 4 is 5.97 Å². The van der Waals surface area contributed by atoms with E-state index in [0.717, 1.165) is 24.8 Å². The highest BCUT2D eigenvalue weighted by Gasteiger charge is 2.76. The first-order valence-electron chi connectivity index (χ1n) is 14.9. The van der Waals surface area contributed by atoms with Crippen molar-refractivity contribution in [3.63, 3.8) is 0 Å². The third kappa shape index (κ3) is 3.62. The molecule has 1 spiro atoms. The van der Waals surface area contributed by atoms with Crippen LogP contribution in [0.4, 0.5) is 0 Å². The number of fused-ring (bicyclic) bond motifs is 3. The van der Waals surface area contributed by atoms with Crippen LogP contribution in [0.25, 0.3) is 0 Å². The number of aliphatic hydroxyl groups is 2. The average molecular weight is 531 g/mol. The first kappa shape index (κ1) is 28.3. The van der Waals surface area contributed by atoms with Crippen molar-refractivity contribution in [2.45, 2.75) is 124 Å². The van der Waals surface area contributed by atoms with Gasteiger partial charge in [0.15, 0.2) is 0 Å². The van der Waals surface area contributed by atoms with Crippen LogP contribution >= 0.6 is 0 Å². The van der Waals surface area contributed by atoms with Crippen molar-refractivity contribution in [3.05, 3.63) is 23.8 Å². The first-order chi connectivity index (χ1) is 17.5. The molecule has 6 heteroatoms. The molecule has 4 aliphatic carbocycles.